The van der Waals surface area contributed by atoms with E-state index in [1.54, 1.807) is 4.68 Å². The van der Waals surface area contributed by atoms with Crippen LogP contribution in [0.5, 0.6) is 0 Å². The van der Waals surface area contributed by atoms with Gasteiger partial charge in [0, 0.05) is 30.2 Å². The third kappa shape index (κ3) is 2.58. The van der Waals surface area contributed by atoms with Crippen molar-refractivity contribution in [3.8, 4) is 17.2 Å². The topological polar surface area (TPSA) is 79.4 Å². The van der Waals surface area contributed by atoms with Gasteiger partial charge >= 0.3 is 0 Å². The molecule has 120 valence electrons. The van der Waals surface area contributed by atoms with Gasteiger partial charge in [0.15, 0.2) is 5.69 Å². The number of nitrogens with one attached hydrogen (secondary N) is 1. The largest absolute Gasteiger partial charge is 0.379 e. The highest BCUT2D eigenvalue weighted by atomic mass is 15.2. The zero-order chi connectivity index (χ0) is 16.7. The van der Waals surface area contributed by atoms with E-state index < -0.39 is 0 Å². The monoisotopic (exact) mass is 318 g/mol. The molecule has 1 aliphatic carbocycles. The highest BCUT2D eigenvalue weighted by Gasteiger charge is 2.29. The maximum Gasteiger partial charge on any atom is 0.186 e. The van der Waals surface area contributed by atoms with Crippen LogP contribution in [-0.4, -0.2) is 26.0 Å². The third-order valence-corrected chi connectivity index (χ3v) is 4.61. The smallest absolute Gasteiger partial charge is 0.186 e. The molecule has 3 aromatic rings. The lowest BCUT2D eigenvalue weighted by atomic mass is 10.0. The van der Waals surface area contributed by atoms with Crippen LogP contribution >= 0.6 is 0 Å². The van der Waals surface area contributed by atoms with E-state index in [1.807, 2.05) is 37.6 Å². The Kier molecular flexibility index (Phi) is 3.42. The molecule has 0 bridgehead atoms. The van der Waals surface area contributed by atoms with Gasteiger partial charge in [-0.25, -0.2) is 0 Å². The first kappa shape index (κ1) is 14.6. The van der Waals surface area contributed by atoms with Crippen LogP contribution in [0, 0.1) is 17.2 Å². The van der Waals surface area contributed by atoms with Crippen molar-refractivity contribution in [2.24, 2.45) is 13.0 Å². The Labute approximate surface area is 140 Å². The Morgan fingerprint density at radius 1 is 1.29 bits per heavy atom. The van der Waals surface area contributed by atoms with E-state index in [0.29, 0.717) is 17.7 Å². The molecule has 0 aliphatic heterocycles. The quantitative estimate of drug-likeness (QED) is 0.799. The molecule has 1 aliphatic rings. The fraction of sp³-hybridized carbons (Fsp3) is 0.333. The number of nitrogens with zero attached hydrogens (tertiary/aromatic N) is 5. The molecule has 2 aromatic heterocycles. The van der Waals surface area contributed by atoms with Crippen LogP contribution in [0.2, 0.25) is 0 Å². The zero-order valence-electron chi connectivity index (χ0n) is 13.7. The van der Waals surface area contributed by atoms with E-state index in [1.165, 1.54) is 12.8 Å². The lowest BCUT2D eigenvalue weighted by molar-refractivity contribution is 0.694. The molecule has 1 aromatic carbocycles. The molecule has 4 rings (SSSR count). The number of aryl methyl sites for hydroxylation is 1. The van der Waals surface area contributed by atoms with Gasteiger partial charge in [-0.1, -0.05) is 6.07 Å². The fourth-order valence-electron chi connectivity index (χ4n) is 3.02. The summed E-state index contributed by atoms with van der Waals surface area (Å²) in [5.74, 6) is 0.689. The van der Waals surface area contributed by atoms with Gasteiger partial charge in [0.1, 0.15) is 6.07 Å². The summed E-state index contributed by atoms with van der Waals surface area (Å²) in [6.07, 6.45) is 6.29. The Morgan fingerprint density at radius 2 is 2.12 bits per heavy atom. The molecule has 1 unspecified atom stereocenters. The second kappa shape index (κ2) is 5.60. The number of hydrogen-bond acceptors (Lipinski definition) is 5. The minimum atomic E-state index is 0.336. The number of anilines is 1. The Morgan fingerprint density at radius 3 is 2.79 bits per heavy atom. The van der Waals surface area contributed by atoms with Crippen molar-refractivity contribution in [2.45, 2.75) is 25.8 Å². The summed E-state index contributed by atoms with van der Waals surface area (Å²) in [6.45, 7) is 2.16. The molecule has 2 heterocycles. The second-order valence-electron chi connectivity index (χ2n) is 6.44. The number of rotatable bonds is 4. The normalized spacial score (nSPS) is 15.2. The van der Waals surface area contributed by atoms with Gasteiger partial charge < -0.3 is 5.32 Å². The van der Waals surface area contributed by atoms with Gasteiger partial charge in [-0.05, 0) is 43.4 Å². The zero-order valence-corrected chi connectivity index (χ0v) is 13.7. The molecule has 1 atom stereocenters. The molecular formula is C18H18N6. The van der Waals surface area contributed by atoms with Crippen molar-refractivity contribution in [2.75, 3.05) is 5.32 Å². The summed E-state index contributed by atoms with van der Waals surface area (Å²) in [5.41, 5.74) is 3.99. The first-order valence-corrected chi connectivity index (χ1v) is 8.12. The molecular weight excluding hydrogens is 300 g/mol. The average molecular weight is 318 g/mol. The number of fused-ring (bicyclic) bond motifs is 1. The Bertz CT molecular complexity index is 948. The van der Waals surface area contributed by atoms with E-state index in [9.17, 15) is 5.26 Å². The van der Waals surface area contributed by atoms with Crippen LogP contribution in [0.1, 0.15) is 25.5 Å². The summed E-state index contributed by atoms with van der Waals surface area (Å²) in [7, 11) is 1.89. The van der Waals surface area contributed by atoms with Crippen LogP contribution < -0.4 is 5.32 Å². The molecule has 1 fully saturated rings. The van der Waals surface area contributed by atoms with E-state index in [2.05, 4.69) is 33.6 Å². The Balaban J connectivity index is 1.79. The van der Waals surface area contributed by atoms with Crippen molar-refractivity contribution in [3.63, 3.8) is 0 Å². The van der Waals surface area contributed by atoms with Gasteiger partial charge in [-0.2, -0.15) is 10.4 Å². The van der Waals surface area contributed by atoms with E-state index in [0.717, 1.165) is 27.7 Å². The predicted molar refractivity (Wildman–Crippen MR) is 92.3 cm³/mol. The molecule has 0 saturated heterocycles. The fourth-order valence-corrected chi connectivity index (χ4v) is 3.02. The molecule has 1 N–H and O–H groups in total. The van der Waals surface area contributed by atoms with Crippen molar-refractivity contribution in [1.29, 1.82) is 5.26 Å². The van der Waals surface area contributed by atoms with Gasteiger partial charge in [0.2, 0.25) is 0 Å². The maximum absolute atomic E-state index is 9.38. The van der Waals surface area contributed by atoms with Gasteiger partial charge in [0.25, 0.3) is 0 Å². The summed E-state index contributed by atoms with van der Waals surface area (Å²) in [5, 5.41) is 26.3. The number of aromatic nitrogens is 4. The lowest BCUT2D eigenvalue weighted by Gasteiger charge is -2.16. The number of hydrogen-bond donors (Lipinski definition) is 1. The minimum Gasteiger partial charge on any atom is -0.379 e. The molecule has 0 amide bonds. The van der Waals surface area contributed by atoms with Crippen molar-refractivity contribution < 1.29 is 0 Å². The van der Waals surface area contributed by atoms with Crippen molar-refractivity contribution in [1.82, 2.24) is 20.0 Å². The molecule has 1 saturated carbocycles. The van der Waals surface area contributed by atoms with E-state index in [-0.39, 0.29) is 0 Å². The van der Waals surface area contributed by atoms with E-state index in [4.69, 9.17) is 0 Å². The second-order valence-corrected chi connectivity index (χ2v) is 6.44. The highest BCUT2D eigenvalue weighted by molar-refractivity contribution is 5.95. The highest BCUT2D eigenvalue weighted by Crippen LogP contribution is 2.36. The number of nitriles is 1. The predicted octanol–water partition coefficient (Wildman–Crippen LogP) is 3.11. The summed E-state index contributed by atoms with van der Waals surface area (Å²) < 4.78 is 1.77. The molecule has 6 heteroatoms. The lowest BCUT2D eigenvalue weighted by Crippen LogP contribution is -2.19. The van der Waals surface area contributed by atoms with Gasteiger partial charge in [-0.15, -0.1) is 10.2 Å². The number of benzene rings is 1. The molecule has 24 heavy (non-hydrogen) atoms. The summed E-state index contributed by atoms with van der Waals surface area (Å²) in [4.78, 5) is 0. The molecule has 0 radical (unpaired) electrons. The van der Waals surface area contributed by atoms with Crippen molar-refractivity contribution >= 4 is 16.6 Å². The summed E-state index contributed by atoms with van der Waals surface area (Å²) in [6, 6.07) is 8.53. The minimum absolute atomic E-state index is 0.336. The SMILES string of the molecule is CC(Nc1c(C#N)nnc2cc(-c3cnn(C)c3)ccc12)C1CC1. The summed E-state index contributed by atoms with van der Waals surface area (Å²) >= 11 is 0. The first-order valence-electron chi connectivity index (χ1n) is 8.12. The average Bonchev–Trinajstić information content (AvgIpc) is 3.36. The van der Waals surface area contributed by atoms with Crippen LogP contribution in [-0.2, 0) is 7.05 Å². The molecule has 6 nitrogen and oxygen atoms in total. The first-order chi connectivity index (χ1) is 11.7. The van der Waals surface area contributed by atoms with Crippen LogP contribution in [0.4, 0.5) is 5.69 Å². The van der Waals surface area contributed by atoms with Gasteiger partial charge in [-0.3, -0.25) is 4.68 Å². The van der Waals surface area contributed by atoms with E-state index >= 15 is 0 Å². The maximum atomic E-state index is 9.38. The van der Waals surface area contributed by atoms with Crippen LogP contribution in [0.3, 0.4) is 0 Å². The van der Waals surface area contributed by atoms with Crippen molar-refractivity contribution in [3.05, 3.63) is 36.3 Å². The van der Waals surface area contributed by atoms with Crippen LogP contribution in [0.25, 0.3) is 22.0 Å². The standard InChI is InChI=1S/C18H18N6/c1-11(12-3-4-12)21-18-15-6-5-13(14-9-20-24(2)10-14)7-16(15)22-23-17(18)8-19/h5-7,9-12H,3-4H2,1-2H3,(H,21,22). The third-order valence-electron chi connectivity index (χ3n) is 4.61. The Hall–Kier alpha value is -2.94. The molecule has 0 spiro atoms. The van der Waals surface area contributed by atoms with Crippen LogP contribution in [0.15, 0.2) is 30.6 Å². The van der Waals surface area contributed by atoms with Gasteiger partial charge in [0.05, 0.1) is 17.4 Å².